The van der Waals surface area contributed by atoms with E-state index in [1.54, 1.807) is 13.1 Å². The van der Waals surface area contributed by atoms with Crippen LogP contribution in [0, 0.1) is 24.1 Å². The van der Waals surface area contributed by atoms with Crippen LogP contribution in [0.15, 0.2) is 31.0 Å². The minimum absolute atomic E-state index is 0.000631. The number of carbonyl (C=O) groups excluding carboxylic acids is 1. The van der Waals surface area contributed by atoms with Gasteiger partial charge in [-0.05, 0) is 86.7 Å². The molecule has 1 atom stereocenters. The number of rotatable bonds is 8. The fourth-order valence-corrected chi connectivity index (χ4v) is 9.07. The van der Waals surface area contributed by atoms with Crippen LogP contribution in [0.25, 0.3) is 32.9 Å². The van der Waals surface area contributed by atoms with Crippen LogP contribution in [0.2, 0.25) is 0 Å². The van der Waals surface area contributed by atoms with Crippen molar-refractivity contribution < 1.29 is 27.1 Å². The number of aromatic nitrogens is 4. The zero-order valence-corrected chi connectivity index (χ0v) is 30.1. The van der Waals surface area contributed by atoms with Crippen LogP contribution in [-0.4, -0.2) is 107 Å². The van der Waals surface area contributed by atoms with Crippen LogP contribution in [-0.2, 0) is 4.79 Å². The lowest BCUT2D eigenvalue weighted by Crippen LogP contribution is -2.61. The molecule has 280 valence electrons. The maximum absolute atomic E-state index is 15.6. The van der Waals surface area contributed by atoms with Gasteiger partial charge in [-0.2, -0.15) is 23.3 Å². The topological polar surface area (TPSA) is 93.7 Å². The van der Waals surface area contributed by atoms with Gasteiger partial charge in [0.2, 0.25) is 11.9 Å². The molecular weight excluding hydrogens is 688 g/mol. The van der Waals surface area contributed by atoms with E-state index in [1.165, 1.54) is 18.6 Å². The summed E-state index contributed by atoms with van der Waals surface area (Å²) in [5, 5.41) is 8.25. The number of hydrogen-bond donors (Lipinski definition) is 1. The summed E-state index contributed by atoms with van der Waals surface area (Å²) in [6, 6.07) is 3.75. The molecule has 1 aliphatic carbocycles. The second-order valence-electron chi connectivity index (χ2n) is 16.1. The van der Waals surface area contributed by atoms with Crippen LogP contribution >= 0.6 is 0 Å². The number of H-pyrrole nitrogens is 1. The third kappa shape index (κ3) is 6.06. The number of nitrogens with one attached hydrogen (secondary N) is 1. The molecule has 2 aromatic heterocycles. The highest BCUT2D eigenvalue weighted by Gasteiger charge is 2.47. The number of ether oxygens (including phenoxy) is 1. The second kappa shape index (κ2) is 12.6. The van der Waals surface area contributed by atoms with Gasteiger partial charge in [-0.15, -0.1) is 0 Å². The average molecular weight is 733 g/mol. The maximum Gasteiger partial charge on any atom is 0.422 e. The normalized spacial score (nSPS) is 22.2. The molecule has 14 heteroatoms. The number of piperidine rings is 1. The van der Waals surface area contributed by atoms with Gasteiger partial charge in [0.1, 0.15) is 17.2 Å². The SMILES string of the molecule is C=CC(=O)N1CC2(CCN(c3nc(N4CC(N5CC[C@H](C)C5)C4)nc4c(OCC(F)(F)F)c(-c5c(C)c(F)cc6[nH]ncc56)c(C5CC5)cc34)CC2)C1. The lowest BCUT2D eigenvalue weighted by atomic mass is 9.72. The first-order valence-corrected chi connectivity index (χ1v) is 18.8. The zero-order chi connectivity index (χ0) is 36.8. The number of anilines is 2. The fraction of sp³-hybridized carbons (Fsp3) is 0.538. The van der Waals surface area contributed by atoms with Gasteiger partial charge in [-0.3, -0.25) is 14.8 Å². The number of nitrogens with zero attached hydrogens (tertiary/aromatic N) is 7. The summed E-state index contributed by atoms with van der Waals surface area (Å²) in [5.41, 5.74) is 2.78. The lowest BCUT2D eigenvalue weighted by molar-refractivity contribution is -0.153. The van der Waals surface area contributed by atoms with Crippen LogP contribution in [0.1, 0.15) is 56.1 Å². The predicted octanol–water partition coefficient (Wildman–Crippen LogP) is 6.58. The van der Waals surface area contributed by atoms with Crippen molar-refractivity contribution in [2.75, 3.05) is 68.8 Å². The van der Waals surface area contributed by atoms with Crippen molar-refractivity contribution in [2.45, 2.75) is 64.1 Å². The highest BCUT2D eigenvalue weighted by atomic mass is 19.4. The standard InChI is InChI=1S/C39H44F4N8O2/c1-4-31(52)51-19-38(20-51)8-11-48(12-9-38)36-27-13-26(24-5-6-24)33(32-23(3)29(40)14-30-28(32)15-44-47-30)35(53-21-39(41,42)43)34(27)45-37(46-36)50-17-25(18-50)49-10-7-22(2)16-49/h4,13-15,22,24-25H,1,5-12,16-21H2,2-3H3,(H,44,47)/t22-/m0/s1. The van der Waals surface area contributed by atoms with Gasteiger partial charge in [0, 0.05) is 79.2 Å². The summed E-state index contributed by atoms with van der Waals surface area (Å²) < 4.78 is 63.7. The predicted molar refractivity (Wildman–Crippen MR) is 195 cm³/mol. The third-order valence-electron chi connectivity index (χ3n) is 12.3. The third-order valence-corrected chi connectivity index (χ3v) is 12.3. The smallest absolute Gasteiger partial charge is 0.422 e. The van der Waals surface area contributed by atoms with Crippen LogP contribution < -0.4 is 14.5 Å². The van der Waals surface area contributed by atoms with E-state index in [-0.39, 0.29) is 23.0 Å². The van der Waals surface area contributed by atoms with Gasteiger partial charge in [0.15, 0.2) is 12.4 Å². The van der Waals surface area contributed by atoms with E-state index in [9.17, 15) is 18.0 Å². The van der Waals surface area contributed by atoms with Crippen molar-refractivity contribution >= 4 is 39.5 Å². The maximum atomic E-state index is 15.6. The van der Waals surface area contributed by atoms with E-state index >= 15 is 4.39 Å². The summed E-state index contributed by atoms with van der Waals surface area (Å²) in [5.74, 6) is 1.29. The molecule has 6 heterocycles. The number of likely N-dealkylation sites (tertiary alicyclic amines) is 2. The van der Waals surface area contributed by atoms with Crippen molar-refractivity contribution in [1.82, 2.24) is 30.0 Å². The van der Waals surface area contributed by atoms with Gasteiger partial charge in [-0.25, -0.2) is 9.37 Å². The second-order valence-corrected chi connectivity index (χ2v) is 16.1. The number of alkyl halides is 3. The number of aromatic amines is 1. The minimum atomic E-state index is -4.62. The van der Waals surface area contributed by atoms with Crippen LogP contribution in [0.5, 0.6) is 5.75 Å². The molecule has 4 aliphatic heterocycles. The van der Waals surface area contributed by atoms with Gasteiger partial charge in [0.25, 0.3) is 0 Å². The number of fused-ring (bicyclic) bond motifs is 2. The fourth-order valence-electron chi connectivity index (χ4n) is 9.07. The van der Waals surface area contributed by atoms with Crippen molar-refractivity contribution in [2.24, 2.45) is 11.3 Å². The highest BCUT2D eigenvalue weighted by molar-refractivity contribution is 6.06. The first-order valence-electron chi connectivity index (χ1n) is 18.8. The molecule has 1 N–H and O–H groups in total. The first kappa shape index (κ1) is 34.3. The molecule has 0 radical (unpaired) electrons. The highest BCUT2D eigenvalue weighted by Crippen LogP contribution is 2.54. The quantitative estimate of drug-likeness (QED) is 0.161. The van der Waals surface area contributed by atoms with Crippen molar-refractivity contribution in [1.29, 1.82) is 0 Å². The van der Waals surface area contributed by atoms with E-state index in [2.05, 4.69) is 38.4 Å². The number of amides is 1. The summed E-state index contributed by atoms with van der Waals surface area (Å²) >= 11 is 0. The first-order chi connectivity index (χ1) is 25.4. The van der Waals surface area contributed by atoms with E-state index in [0.717, 1.165) is 57.4 Å². The number of carbonyl (C=O) groups is 1. The molecule has 5 fully saturated rings. The Kier molecular flexibility index (Phi) is 8.13. The Labute approximate surface area is 305 Å². The monoisotopic (exact) mass is 732 g/mol. The van der Waals surface area contributed by atoms with Gasteiger partial charge < -0.3 is 19.4 Å². The Morgan fingerprint density at radius 3 is 2.45 bits per heavy atom. The van der Waals surface area contributed by atoms with Gasteiger partial charge in [-0.1, -0.05) is 13.5 Å². The molecule has 2 aromatic carbocycles. The van der Waals surface area contributed by atoms with Crippen LogP contribution in [0.3, 0.4) is 0 Å². The van der Waals surface area contributed by atoms with Crippen molar-refractivity contribution in [3.63, 3.8) is 0 Å². The Hall–Kier alpha value is -4.46. The lowest BCUT2D eigenvalue weighted by Gasteiger charge is -2.54. The minimum Gasteiger partial charge on any atom is -0.481 e. The van der Waals surface area contributed by atoms with E-state index in [1.807, 2.05) is 11.0 Å². The van der Waals surface area contributed by atoms with Crippen molar-refractivity contribution in [3.05, 3.63) is 47.9 Å². The van der Waals surface area contributed by atoms with Crippen molar-refractivity contribution in [3.8, 4) is 16.9 Å². The molecule has 1 amide bonds. The Bertz CT molecular complexity index is 2110. The molecule has 1 saturated carbocycles. The molecule has 0 unspecified atom stereocenters. The molecule has 5 aliphatic rings. The van der Waals surface area contributed by atoms with E-state index in [0.29, 0.717) is 88.4 Å². The Morgan fingerprint density at radius 1 is 1.04 bits per heavy atom. The average Bonchev–Trinajstić information content (AvgIpc) is 3.70. The molecule has 10 nitrogen and oxygen atoms in total. The van der Waals surface area contributed by atoms with Gasteiger partial charge in [0.05, 0.1) is 11.7 Å². The van der Waals surface area contributed by atoms with E-state index in [4.69, 9.17) is 14.7 Å². The molecule has 4 aromatic rings. The number of hydrogen-bond acceptors (Lipinski definition) is 8. The molecule has 53 heavy (non-hydrogen) atoms. The van der Waals surface area contributed by atoms with Gasteiger partial charge >= 0.3 is 6.18 Å². The molecular formula is C39H44F4N8O2. The number of halogens is 4. The summed E-state index contributed by atoms with van der Waals surface area (Å²) in [4.78, 5) is 31.2. The number of benzene rings is 2. The molecule has 4 saturated heterocycles. The molecule has 9 rings (SSSR count). The Balaban J connectivity index is 1.20. The summed E-state index contributed by atoms with van der Waals surface area (Å²) in [6.07, 6.45) is 2.89. The zero-order valence-electron chi connectivity index (χ0n) is 30.1. The molecule has 0 bridgehead atoms. The molecule has 1 spiro atoms. The largest absolute Gasteiger partial charge is 0.481 e. The summed E-state index contributed by atoms with van der Waals surface area (Å²) in [7, 11) is 0. The Morgan fingerprint density at radius 2 is 1.79 bits per heavy atom. The van der Waals surface area contributed by atoms with Crippen LogP contribution in [0.4, 0.5) is 29.3 Å². The summed E-state index contributed by atoms with van der Waals surface area (Å²) in [6.45, 7) is 12.3. The van der Waals surface area contributed by atoms with E-state index < -0.39 is 18.6 Å².